The molecule has 170 valence electrons. The highest BCUT2D eigenvalue weighted by atomic mass is 79.9. The first kappa shape index (κ1) is 23.7. The van der Waals surface area contributed by atoms with Gasteiger partial charge in [-0.15, -0.1) is 13.2 Å². The van der Waals surface area contributed by atoms with E-state index < -0.39 is 12.2 Å². The molecule has 0 saturated heterocycles. The molecule has 0 fully saturated rings. The average Bonchev–Trinajstić information content (AvgIpc) is 2.69. The van der Waals surface area contributed by atoms with E-state index in [0.29, 0.717) is 40.3 Å². The molecule has 0 unspecified atom stereocenters. The Bertz CT molecular complexity index is 1080. The molecule has 0 amide bonds. The minimum atomic E-state index is -4.80. The molecule has 11 heteroatoms. The molecule has 0 radical (unpaired) electrons. The van der Waals surface area contributed by atoms with E-state index >= 15 is 0 Å². The summed E-state index contributed by atoms with van der Waals surface area (Å²) in [4.78, 5) is 10.8. The van der Waals surface area contributed by atoms with E-state index in [4.69, 9.17) is 0 Å². The van der Waals surface area contributed by atoms with E-state index in [1.807, 2.05) is 19.0 Å². The smallest absolute Gasteiger partial charge is 0.406 e. The van der Waals surface area contributed by atoms with Crippen molar-refractivity contribution >= 4 is 33.4 Å². The van der Waals surface area contributed by atoms with Gasteiger partial charge < -0.3 is 20.3 Å². The molecule has 1 heterocycles. The van der Waals surface area contributed by atoms with E-state index in [9.17, 15) is 17.6 Å². The molecular formula is C21H20BrF4N5O. The van der Waals surface area contributed by atoms with Crippen LogP contribution in [0.3, 0.4) is 0 Å². The van der Waals surface area contributed by atoms with Gasteiger partial charge in [0.1, 0.15) is 17.4 Å². The summed E-state index contributed by atoms with van der Waals surface area (Å²) in [7, 11) is 3.83. The van der Waals surface area contributed by atoms with Crippen LogP contribution in [0.25, 0.3) is 11.3 Å². The minimum Gasteiger partial charge on any atom is -0.406 e. The fraction of sp³-hybridized carbons (Fsp3) is 0.238. The van der Waals surface area contributed by atoms with Crippen LogP contribution in [0.4, 0.5) is 35.0 Å². The van der Waals surface area contributed by atoms with Gasteiger partial charge in [-0.05, 0) is 60.4 Å². The molecule has 1 aromatic heterocycles. The van der Waals surface area contributed by atoms with Crippen molar-refractivity contribution in [2.75, 3.05) is 37.8 Å². The van der Waals surface area contributed by atoms with Crippen molar-refractivity contribution in [3.05, 3.63) is 58.8 Å². The van der Waals surface area contributed by atoms with Crippen molar-refractivity contribution in [2.24, 2.45) is 0 Å². The van der Waals surface area contributed by atoms with Gasteiger partial charge in [0, 0.05) is 30.4 Å². The van der Waals surface area contributed by atoms with Gasteiger partial charge in [0.25, 0.3) is 0 Å². The third-order valence-electron chi connectivity index (χ3n) is 4.12. The third kappa shape index (κ3) is 7.06. The maximum absolute atomic E-state index is 13.9. The fourth-order valence-electron chi connectivity index (χ4n) is 2.70. The predicted octanol–water partition coefficient (Wildman–Crippen LogP) is 5.66. The minimum absolute atomic E-state index is 0.270. The largest absolute Gasteiger partial charge is 0.573 e. The lowest BCUT2D eigenvalue weighted by atomic mass is 10.1. The molecular weight excluding hydrogens is 494 g/mol. The lowest BCUT2D eigenvalue weighted by Gasteiger charge is -2.14. The standard InChI is InChI=1S/C21H20BrF4N5O/c1-31(2)9-8-27-20-29-18(13-4-3-5-15(10-13)32-21(24,25)26)12-19(30-20)28-14-6-7-16(22)17(23)11-14/h3-7,10-12H,8-9H2,1-2H3,(H2,27,28,29,30). The number of nitrogens with zero attached hydrogens (tertiary/aromatic N) is 3. The molecule has 6 nitrogen and oxygen atoms in total. The van der Waals surface area contributed by atoms with Crippen LogP contribution < -0.4 is 15.4 Å². The van der Waals surface area contributed by atoms with Crippen LogP contribution in [-0.4, -0.2) is 48.4 Å². The molecule has 0 spiro atoms. The van der Waals surface area contributed by atoms with Crippen molar-refractivity contribution in [1.82, 2.24) is 14.9 Å². The predicted molar refractivity (Wildman–Crippen MR) is 119 cm³/mol. The van der Waals surface area contributed by atoms with Crippen LogP contribution >= 0.6 is 15.9 Å². The SMILES string of the molecule is CN(C)CCNc1nc(Nc2ccc(Br)c(F)c2)cc(-c2cccc(OC(F)(F)F)c2)n1. The Hall–Kier alpha value is -2.92. The van der Waals surface area contributed by atoms with Gasteiger partial charge in [-0.3, -0.25) is 0 Å². The number of aromatic nitrogens is 2. The Morgan fingerprint density at radius 1 is 1.06 bits per heavy atom. The fourth-order valence-corrected chi connectivity index (χ4v) is 2.95. The number of anilines is 3. The second kappa shape index (κ2) is 10.1. The molecule has 3 rings (SSSR count). The molecule has 32 heavy (non-hydrogen) atoms. The van der Waals surface area contributed by atoms with Gasteiger partial charge in [0.05, 0.1) is 10.2 Å². The molecule has 0 aliphatic carbocycles. The summed E-state index contributed by atoms with van der Waals surface area (Å²) < 4.78 is 56.0. The first-order valence-electron chi connectivity index (χ1n) is 9.45. The summed E-state index contributed by atoms with van der Waals surface area (Å²) in [5.41, 5.74) is 1.21. The van der Waals surface area contributed by atoms with E-state index in [0.717, 1.165) is 0 Å². The van der Waals surface area contributed by atoms with E-state index in [1.165, 1.54) is 24.3 Å². The molecule has 0 aliphatic heterocycles. The molecule has 0 bridgehead atoms. The first-order valence-corrected chi connectivity index (χ1v) is 10.2. The summed E-state index contributed by atoms with van der Waals surface area (Å²) in [5, 5.41) is 6.09. The van der Waals surface area contributed by atoms with Gasteiger partial charge in [-0.1, -0.05) is 12.1 Å². The van der Waals surface area contributed by atoms with Crippen LogP contribution in [0.1, 0.15) is 0 Å². The van der Waals surface area contributed by atoms with E-state index in [2.05, 4.69) is 41.3 Å². The number of likely N-dealkylation sites (N-methyl/N-ethyl adjacent to an activating group) is 1. The van der Waals surface area contributed by atoms with Crippen LogP contribution in [0.15, 0.2) is 53.0 Å². The number of alkyl halides is 3. The Labute approximate surface area is 190 Å². The van der Waals surface area contributed by atoms with Gasteiger partial charge in [-0.2, -0.15) is 4.98 Å². The maximum atomic E-state index is 13.9. The van der Waals surface area contributed by atoms with Gasteiger partial charge in [0.15, 0.2) is 0 Å². The highest BCUT2D eigenvalue weighted by molar-refractivity contribution is 9.10. The second-order valence-electron chi connectivity index (χ2n) is 7.02. The Balaban J connectivity index is 1.94. The van der Waals surface area contributed by atoms with Crippen LogP contribution in [0.2, 0.25) is 0 Å². The number of hydrogen-bond donors (Lipinski definition) is 2. The topological polar surface area (TPSA) is 62.3 Å². The zero-order valence-electron chi connectivity index (χ0n) is 17.2. The zero-order chi connectivity index (χ0) is 23.3. The Morgan fingerprint density at radius 3 is 2.53 bits per heavy atom. The Morgan fingerprint density at radius 2 is 1.84 bits per heavy atom. The van der Waals surface area contributed by atoms with Crippen molar-refractivity contribution < 1.29 is 22.3 Å². The molecule has 0 atom stereocenters. The number of benzene rings is 2. The normalized spacial score (nSPS) is 11.5. The average molecular weight is 514 g/mol. The van der Waals surface area contributed by atoms with E-state index in [-0.39, 0.29) is 11.7 Å². The van der Waals surface area contributed by atoms with Crippen LogP contribution in [0.5, 0.6) is 5.75 Å². The second-order valence-corrected chi connectivity index (χ2v) is 7.88. The van der Waals surface area contributed by atoms with Crippen molar-refractivity contribution in [3.8, 4) is 17.0 Å². The molecule has 2 aromatic carbocycles. The lowest BCUT2D eigenvalue weighted by molar-refractivity contribution is -0.274. The summed E-state index contributed by atoms with van der Waals surface area (Å²) in [6, 6.07) is 11.6. The number of hydrogen-bond acceptors (Lipinski definition) is 6. The van der Waals surface area contributed by atoms with Crippen molar-refractivity contribution in [1.29, 1.82) is 0 Å². The van der Waals surface area contributed by atoms with Gasteiger partial charge >= 0.3 is 6.36 Å². The lowest BCUT2D eigenvalue weighted by Crippen LogP contribution is -2.21. The molecule has 0 saturated carbocycles. The summed E-state index contributed by atoms with van der Waals surface area (Å²) in [6.07, 6.45) is -4.80. The number of ether oxygens (including phenoxy) is 1. The third-order valence-corrected chi connectivity index (χ3v) is 4.77. The maximum Gasteiger partial charge on any atom is 0.573 e. The van der Waals surface area contributed by atoms with Crippen LogP contribution in [0, 0.1) is 5.82 Å². The van der Waals surface area contributed by atoms with Crippen molar-refractivity contribution in [3.63, 3.8) is 0 Å². The monoisotopic (exact) mass is 513 g/mol. The van der Waals surface area contributed by atoms with Gasteiger partial charge in [-0.25, -0.2) is 9.37 Å². The van der Waals surface area contributed by atoms with Crippen LogP contribution in [-0.2, 0) is 0 Å². The number of nitrogens with one attached hydrogen (secondary N) is 2. The summed E-state index contributed by atoms with van der Waals surface area (Å²) in [5.74, 6) is -0.205. The molecule has 3 aromatic rings. The van der Waals surface area contributed by atoms with Gasteiger partial charge in [0.2, 0.25) is 5.95 Å². The summed E-state index contributed by atoms with van der Waals surface area (Å²) >= 11 is 3.10. The highest BCUT2D eigenvalue weighted by Crippen LogP contribution is 2.29. The zero-order valence-corrected chi connectivity index (χ0v) is 18.8. The van der Waals surface area contributed by atoms with E-state index in [1.54, 1.807) is 24.3 Å². The molecule has 2 N–H and O–H groups in total. The number of halogens is 5. The molecule has 0 aliphatic rings. The first-order chi connectivity index (χ1) is 15.1. The quantitative estimate of drug-likeness (QED) is 0.379. The number of rotatable bonds is 8. The Kier molecular flexibility index (Phi) is 7.52. The van der Waals surface area contributed by atoms with Crippen molar-refractivity contribution in [2.45, 2.75) is 6.36 Å². The summed E-state index contributed by atoms with van der Waals surface area (Å²) in [6.45, 7) is 1.25. The highest BCUT2D eigenvalue weighted by Gasteiger charge is 2.31.